The van der Waals surface area contributed by atoms with Gasteiger partial charge in [0.1, 0.15) is 17.6 Å². The number of ether oxygens (including phenoxy) is 2. The first-order valence-corrected chi connectivity index (χ1v) is 10.7. The van der Waals surface area contributed by atoms with Crippen LogP contribution in [0.1, 0.15) is 18.4 Å². The number of hydrogen-bond acceptors (Lipinski definition) is 6. The highest BCUT2D eigenvalue weighted by atomic mass is 35.5. The lowest BCUT2D eigenvalue weighted by atomic mass is 9.94. The molecule has 8 heteroatoms. The maximum absolute atomic E-state index is 12.8. The molecule has 4 rings (SSSR count). The standard InChI is InChI=1S/C24H23ClN4O3/c1-31-18-4-5-19-21(12-18)27-14-16(13-26)23(19)29-9-7-15(8-10-29)24(30)28-17-3-6-22(32-2)20(25)11-17/h3-6,11-12,14-15H,7-10H2,1-2H3,(H,28,30). The third kappa shape index (κ3) is 4.27. The van der Waals surface area contributed by atoms with E-state index in [0.29, 0.717) is 48.0 Å². The average Bonchev–Trinajstić information content (AvgIpc) is 2.83. The number of carbonyl (C=O) groups excluding carboxylic acids is 1. The summed E-state index contributed by atoms with van der Waals surface area (Å²) >= 11 is 6.16. The minimum Gasteiger partial charge on any atom is -0.497 e. The second-order valence-electron chi connectivity index (χ2n) is 7.62. The van der Waals surface area contributed by atoms with Crippen LogP contribution in [0.2, 0.25) is 5.02 Å². The molecular formula is C24H23ClN4O3. The second kappa shape index (κ2) is 9.33. The van der Waals surface area contributed by atoms with Crippen LogP contribution in [0.3, 0.4) is 0 Å². The van der Waals surface area contributed by atoms with Crippen molar-refractivity contribution in [2.75, 3.05) is 37.5 Å². The van der Waals surface area contributed by atoms with E-state index in [9.17, 15) is 10.1 Å². The highest BCUT2D eigenvalue weighted by Crippen LogP contribution is 2.34. The van der Waals surface area contributed by atoms with Gasteiger partial charge in [-0.1, -0.05) is 11.6 Å². The van der Waals surface area contributed by atoms with Crippen LogP contribution in [-0.2, 0) is 4.79 Å². The van der Waals surface area contributed by atoms with E-state index in [4.69, 9.17) is 21.1 Å². The molecule has 3 aromatic rings. The van der Waals surface area contributed by atoms with Crippen LogP contribution in [0.4, 0.5) is 11.4 Å². The number of piperidine rings is 1. The zero-order chi connectivity index (χ0) is 22.7. The zero-order valence-corrected chi connectivity index (χ0v) is 18.6. The molecule has 2 heterocycles. The zero-order valence-electron chi connectivity index (χ0n) is 17.9. The summed E-state index contributed by atoms with van der Waals surface area (Å²) in [5, 5.41) is 14.0. The van der Waals surface area contributed by atoms with Crippen molar-refractivity contribution in [2.24, 2.45) is 5.92 Å². The van der Waals surface area contributed by atoms with E-state index < -0.39 is 0 Å². The number of hydrogen-bond donors (Lipinski definition) is 1. The van der Waals surface area contributed by atoms with Crippen LogP contribution in [0, 0.1) is 17.2 Å². The number of nitriles is 1. The summed E-state index contributed by atoms with van der Waals surface area (Å²) in [7, 11) is 3.16. The largest absolute Gasteiger partial charge is 0.497 e. The molecule has 7 nitrogen and oxygen atoms in total. The normalized spacial score (nSPS) is 14.1. The lowest BCUT2D eigenvalue weighted by Gasteiger charge is -2.34. The number of amides is 1. The summed E-state index contributed by atoms with van der Waals surface area (Å²) in [4.78, 5) is 19.4. The Morgan fingerprint density at radius 2 is 1.97 bits per heavy atom. The minimum absolute atomic E-state index is 0.0317. The fourth-order valence-corrected chi connectivity index (χ4v) is 4.32. The van der Waals surface area contributed by atoms with Gasteiger partial charge in [-0.25, -0.2) is 0 Å². The molecule has 1 fully saturated rings. The predicted molar refractivity (Wildman–Crippen MR) is 125 cm³/mol. The number of benzene rings is 2. The molecule has 0 bridgehead atoms. The summed E-state index contributed by atoms with van der Waals surface area (Å²) in [6, 6.07) is 13.1. The number of pyridine rings is 1. The van der Waals surface area contributed by atoms with Crippen molar-refractivity contribution >= 4 is 39.8 Å². The summed E-state index contributed by atoms with van der Waals surface area (Å²) in [6.07, 6.45) is 2.96. The molecule has 1 N–H and O–H groups in total. The number of carbonyl (C=O) groups is 1. The van der Waals surface area contributed by atoms with Crippen molar-refractivity contribution in [2.45, 2.75) is 12.8 Å². The van der Waals surface area contributed by atoms with Gasteiger partial charge in [0.25, 0.3) is 0 Å². The van der Waals surface area contributed by atoms with Crippen molar-refractivity contribution in [3.63, 3.8) is 0 Å². The SMILES string of the molecule is COc1ccc2c(N3CCC(C(=O)Nc4ccc(OC)c(Cl)c4)CC3)c(C#N)cnc2c1. The molecule has 0 atom stereocenters. The molecule has 0 aliphatic carbocycles. The van der Waals surface area contributed by atoms with Crippen LogP contribution < -0.4 is 19.7 Å². The first-order chi connectivity index (χ1) is 15.5. The number of anilines is 2. The molecule has 164 valence electrons. The summed E-state index contributed by atoms with van der Waals surface area (Å²) < 4.78 is 10.4. The lowest BCUT2D eigenvalue weighted by Crippen LogP contribution is -2.38. The van der Waals surface area contributed by atoms with Gasteiger partial charge in [-0.05, 0) is 43.2 Å². The lowest BCUT2D eigenvalue weighted by molar-refractivity contribution is -0.120. The number of nitrogens with zero attached hydrogens (tertiary/aromatic N) is 3. The third-order valence-electron chi connectivity index (χ3n) is 5.77. The van der Waals surface area contributed by atoms with E-state index >= 15 is 0 Å². The first-order valence-electron chi connectivity index (χ1n) is 10.3. The van der Waals surface area contributed by atoms with Gasteiger partial charge in [-0.15, -0.1) is 0 Å². The van der Waals surface area contributed by atoms with Crippen molar-refractivity contribution in [3.05, 3.63) is 53.2 Å². The van der Waals surface area contributed by atoms with Gasteiger partial charge in [0.2, 0.25) is 5.91 Å². The fourth-order valence-electron chi connectivity index (χ4n) is 4.06. The summed E-state index contributed by atoms with van der Waals surface area (Å²) in [5.41, 5.74) is 2.80. The molecule has 1 aliphatic heterocycles. The number of rotatable bonds is 5. The Labute approximate surface area is 191 Å². The molecule has 0 spiro atoms. The van der Waals surface area contributed by atoms with Crippen LogP contribution in [0.15, 0.2) is 42.6 Å². The van der Waals surface area contributed by atoms with E-state index in [2.05, 4.69) is 21.3 Å². The topological polar surface area (TPSA) is 87.5 Å². The van der Waals surface area contributed by atoms with Gasteiger partial charge in [-0.3, -0.25) is 9.78 Å². The predicted octanol–water partition coefficient (Wildman–Crippen LogP) is 4.63. The van der Waals surface area contributed by atoms with Crippen molar-refractivity contribution in [1.29, 1.82) is 5.26 Å². The van der Waals surface area contributed by atoms with Crippen LogP contribution in [-0.4, -0.2) is 38.2 Å². The first kappa shape index (κ1) is 21.7. The van der Waals surface area contributed by atoms with Crippen molar-refractivity contribution in [1.82, 2.24) is 4.98 Å². The van der Waals surface area contributed by atoms with Gasteiger partial charge in [0.15, 0.2) is 0 Å². The quantitative estimate of drug-likeness (QED) is 0.609. The number of fused-ring (bicyclic) bond motifs is 1. The Balaban J connectivity index is 1.49. The molecule has 1 aliphatic rings. The smallest absolute Gasteiger partial charge is 0.227 e. The molecule has 1 aromatic heterocycles. The molecule has 0 unspecified atom stereocenters. The Morgan fingerprint density at radius 1 is 1.19 bits per heavy atom. The molecule has 0 saturated carbocycles. The molecule has 1 amide bonds. The maximum Gasteiger partial charge on any atom is 0.227 e. The van der Waals surface area contributed by atoms with Crippen LogP contribution in [0.25, 0.3) is 10.9 Å². The van der Waals surface area contributed by atoms with E-state index in [1.165, 1.54) is 0 Å². The van der Waals surface area contributed by atoms with E-state index in [1.54, 1.807) is 38.6 Å². The monoisotopic (exact) mass is 450 g/mol. The molecular weight excluding hydrogens is 428 g/mol. The summed E-state index contributed by atoms with van der Waals surface area (Å²) in [6.45, 7) is 1.34. The number of aromatic nitrogens is 1. The third-order valence-corrected chi connectivity index (χ3v) is 6.07. The van der Waals surface area contributed by atoms with Gasteiger partial charge in [-0.2, -0.15) is 5.26 Å². The van der Waals surface area contributed by atoms with Gasteiger partial charge in [0, 0.05) is 42.3 Å². The summed E-state index contributed by atoms with van der Waals surface area (Å²) in [5.74, 6) is 1.13. The van der Waals surface area contributed by atoms with Crippen LogP contribution in [0.5, 0.6) is 11.5 Å². The van der Waals surface area contributed by atoms with Gasteiger partial charge >= 0.3 is 0 Å². The van der Waals surface area contributed by atoms with E-state index in [1.807, 2.05) is 18.2 Å². The molecule has 0 radical (unpaired) electrons. The average molecular weight is 451 g/mol. The molecule has 1 saturated heterocycles. The number of methoxy groups -OCH3 is 2. The van der Waals surface area contributed by atoms with Crippen molar-refractivity contribution < 1.29 is 14.3 Å². The Morgan fingerprint density at radius 3 is 2.62 bits per heavy atom. The molecule has 2 aromatic carbocycles. The Kier molecular flexibility index (Phi) is 6.33. The second-order valence-corrected chi connectivity index (χ2v) is 8.02. The Hall–Kier alpha value is -3.50. The Bertz CT molecular complexity index is 1200. The van der Waals surface area contributed by atoms with E-state index in [0.717, 1.165) is 22.3 Å². The molecule has 32 heavy (non-hydrogen) atoms. The van der Waals surface area contributed by atoms with Gasteiger partial charge < -0.3 is 19.7 Å². The van der Waals surface area contributed by atoms with E-state index in [-0.39, 0.29) is 11.8 Å². The van der Waals surface area contributed by atoms with Crippen LogP contribution >= 0.6 is 11.6 Å². The van der Waals surface area contributed by atoms with Crippen molar-refractivity contribution in [3.8, 4) is 17.6 Å². The fraction of sp³-hybridized carbons (Fsp3) is 0.292. The highest BCUT2D eigenvalue weighted by molar-refractivity contribution is 6.32. The number of nitrogens with one attached hydrogen (secondary N) is 1. The number of halogens is 1. The highest BCUT2D eigenvalue weighted by Gasteiger charge is 2.27. The maximum atomic E-state index is 12.8. The minimum atomic E-state index is -0.120. The van der Waals surface area contributed by atoms with Gasteiger partial charge in [0.05, 0.1) is 36.0 Å².